The van der Waals surface area contributed by atoms with Crippen molar-refractivity contribution in [2.45, 2.75) is 76.0 Å². The van der Waals surface area contributed by atoms with Crippen LogP contribution in [0.15, 0.2) is 58.2 Å². The molecule has 2 aliphatic rings. The second-order valence-corrected chi connectivity index (χ2v) is 12.4. The van der Waals surface area contributed by atoms with E-state index in [-0.39, 0.29) is 17.3 Å². The lowest BCUT2D eigenvalue weighted by atomic mass is 9.92. The van der Waals surface area contributed by atoms with Crippen LogP contribution in [0.4, 0.5) is 0 Å². The minimum atomic E-state index is -3.36. The minimum Gasteiger partial charge on any atom is -0.298 e. The van der Waals surface area contributed by atoms with Crippen molar-refractivity contribution in [1.82, 2.24) is 18.3 Å². The number of likely N-dealkylation sites (tertiary alicyclic amines) is 1. The molecule has 0 aliphatic carbocycles. The van der Waals surface area contributed by atoms with Crippen molar-refractivity contribution < 1.29 is 8.42 Å². The Hall–Kier alpha value is -2.42. The maximum atomic E-state index is 13.2. The number of benzene rings is 2. The zero-order valence-electron chi connectivity index (χ0n) is 21.0. The highest BCUT2D eigenvalue weighted by atomic mass is 32.2. The molecule has 0 bridgehead atoms. The zero-order valence-corrected chi connectivity index (χ0v) is 21.8. The molecule has 0 spiro atoms. The number of nitrogens with zero attached hydrogens (tertiary/aromatic N) is 4. The van der Waals surface area contributed by atoms with E-state index in [2.05, 4.69) is 24.8 Å². The number of imidazole rings is 1. The summed E-state index contributed by atoms with van der Waals surface area (Å²) in [5.41, 5.74) is 3.02. The van der Waals surface area contributed by atoms with Gasteiger partial charge in [0.1, 0.15) is 0 Å². The van der Waals surface area contributed by atoms with Crippen molar-refractivity contribution in [2.75, 3.05) is 19.6 Å². The maximum absolute atomic E-state index is 13.2. The molecule has 8 heteroatoms. The summed E-state index contributed by atoms with van der Waals surface area (Å²) in [6.07, 6.45) is 3.63. The third-order valence-electron chi connectivity index (χ3n) is 8.00. The van der Waals surface area contributed by atoms with E-state index >= 15 is 0 Å². The van der Waals surface area contributed by atoms with Crippen molar-refractivity contribution in [1.29, 1.82) is 0 Å². The molecule has 3 heterocycles. The third-order valence-corrected chi connectivity index (χ3v) is 9.95. The molecule has 2 aliphatic heterocycles. The van der Waals surface area contributed by atoms with Gasteiger partial charge in [-0.3, -0.25) is 14.0 Å². The van der Waals surface area contributed by atoms with Gasteiger partial charge in [-0.25, -0.2) is 13.2 Å². The molecule has 3 aromatic rings. The summed E-state index contributed by atoms with van der Waals surface area (Å²) in [6.45, 7) is 10.1. The van der Waals surface area contributed by atoms with Crippen molar-refractivity contribution in [2.24, 2.45) is 0 Å². The average Bonchev–Trinajstić information content (AvgIpc) is 3.28. The average molecular weight is 497 g/mol. The Morgan fingerprint density at radius 3 is 2.31 bits per heavy atom. The van der Waals surface area contributed by atoms with Gasteiger partial charge in [-0.05, 0) is 70.2 Å². The number of para-hydroxylation sites is 2. The number of aromatic nitrogens is 2. The van der Waals surface area contributed by atoms with Gasteiger partial charge in [-0.1, -0.05) is 30.3 Å². The van der Waals surface area contributed by atoms with Gasteiger partial charge in [0.25, 0.3) is 0 Å². The molecule has 7 nitrogen and oxygen atoms in total. The van der Waals surface area contributed by atoms with E-state index in [0.29, 0.717) is 24.5 Å². The number of hydrogen-bond donors (Lipinski definition) is 0. The molecule has 0 saturated carbocycles. The van der Waals surface area contributed by atoms with Crippen LogP contribution in [0.2, 0.25) is 0 Å². The number of sulfonamides is 1. The Morgan fingerprint density at radius 2 is 1.63 bits per heavy atom. The van der Waals surface area contributed by atoms with E-state index in [1.807, 2.05) is 46.4 Å². The predicted molar refractivity (Wildman–Crippen MR) is 139 cm³/mol. The van der Waals surface area contributed by atoms with E-state index in [1.54, 1.807) is 16.4 Å². The molecule has 5 rings (SSSR count). The smallest absolute Gasteiger partial charge is 0.298 e. The number of rotatable bonds is 7. The zero-order chi connectivity index (χ0) is 24.8. The Morgan fingerprint density at radius 1 is 0.971 bits per heavy atom. The Kier molecular flexibility index (Phi) is 6.40. The molecular formula is C27H36N4O3S. The van der Waals surface area contributed by atoms with E-state index < -0.39 is 10.0 Å². The minimum absolute atomic E-state index is 0.0241. The molecule has 188 valence electrons. The molecular weight excluding hydrogens is 460 g/mol. The Balaban J connectivity index is 1.21. The van der Waals surface area contributed by atoms with Gasteiger partial charge in [0.2, 0.25) is 10.0 Å². The molecule has 0 unspecified atom stereocenters. The van der Waals surface area contributed by atoms with Gasteiger partial charge >= 0.3 is 5.69 Å². The number of piperidine rings is 1. The molecule has 1 aromatic heterocycles. The first-order valence-corrected chi connectivity index (χ1v) is 14.2. The number of hydrogen-bond acceptors (Lipinski definition) is 4. The second kappa shape index (κ2) is 9.22. The first-order chi connectivity index (χ1) is 16.7. The molecule has 1 fully saturated rings. The normalized spacial score (nSPS) is 19.4. The topological polar surface area (TPSA) is 67.6 Å². The first kappa shape index (κ1) is 24.3. The maximum Gasteiger partial charge on any atom is 0.329 e. The van der Waals surface area contributed by atoms with Crippen LogP contribution in [-0.2, 0) is 23.1 Å². The fourth-order valence-electron chi connectivity index (χ4n) is 5.97. The van der Waals surface area contributed by atoms with Crippen molar-refractivity contribution >= 4 is 21.1 Å². The summed E-state index contributed by atoms with van der Waals surface area (Å²) >= 11 is 0. The monoisotopic (exact) mass is 496 g/mol. The molecule has 35 heavy (non-hydrogen) atoms. The first-order valence-electron chi connectivity index (χ1n) is 12.8. The van der Waals surface area contributed by atoms with Crippen LogP contribution in [0.3, 0.4) is 0 Å². The molecule has 0 N–H and O–H groups in total. The van der Waals surface area contributed by atoms with E-state index in [9.17, 15) is 13.2 Å². The van der Waals surface area contributed by atoms with Crippen LogP contribution in [-0.4, -0.2) is 51.9 Å². The fraction of sp³-hybridized carbons (Fsp3) is 0.519. The lowest BCUT2D eigenvalue weighted by Gasteiger charge is -2.43. The van der Waals surface area contributed by atoms with Crippen molar-refractivity contribution in [3.8, 4) is 0 Å². The van der Waals surface area contributed by atoms with Crippen LogP contribution < -0.4 is 5.69 Å². The summed E-state index contributed by atoms with van der Waals surface area (Å²) in [5.74, 6) is 0. The highest BCUT2D eigenvalue weighted by Gasteiger charge is 2.36. The summed E-state index contributed by atoms with van der Waals surface area (Å²) in [6, 6.07) is 15.6. The largest absolute Gasteiger partial charge is 0.329 e. The summed E-state index contributed by atoms with van der Waals surface area (Å²) in [5, 5.41) is 0. The molecule has 0 radical (unpaired) electrons. The summed E-state index contributed by atoms with van der Waals surface area (Å²) < 4.78 is 31.2. The molecule has 0 amide bonds. The Labute approximate surface area is 208 Å². The van der Waals surface area contributed by atoms with Crippen molar-refractivity contribution in [3.05, 3.63) is 64.6 Å². The van der Waals surface area contributed by atoms with Gasteiger partial charge in [0.05, 0.1) is 15.9 Å². The van der Waals surface area contributed by atoms with Gasteiger partial charge in [0, 0.05) is 44.3 Å². The SMILES string of the molecule is CCn1c(=O)n(C2CCN(C(C)(C)CCCN3Cc4ccccc4S3(=O)=O)CC2)c2ccccc21. The van der Waals surface area contributed by atoms with Gasteiger partial charge in [-0.15, -0.1) is 0 Å². The van der Waals surface area contributed by atoms with E-state index in [1.165, 1.54) is 0 Å². The summed E-state index contributed by atoms with van der Waals surface area (Å²) in [4.78, 5) is 16.1. The van der Waals surface area contributed by atoms with Gasteiger partial charge in [0.15, 0.2) is 0 Å². The lowest BCUT2D eigenvalue weighted by Crippen LogP contribution is -2.49. The molecule has 1 saturated heterocycles. The van der Waals surface area contributed by atoms with Gasteiger partial charge in [-0.2, -0.15) is 4.31 Å². The predicted octanol–water partition coefficient (Wildman–Crippen LogP) is 4.22. The van der Waals surface area contributed by atoms with Crippen LogP contribution in [0.1, 0.15) is 58.1 Å². The standard InChI is InChI=1S/C27H36N4O3S/c1-4-30-23-11-6-7-12-24(23)31(26(30)32)22-14-18-28(19-15-22)27(2,3)16-9-17-29-20-21-10-5-8-13-25(21)35(29,33)34/h5-8,10-13,22H,4,9,14-20H2,1-3H3. The van der Waals surface area contributed by atoms with Crippen LogP contribution in [0, 0.1) is 0 Å². The summed E-state index contributed by atoms with van der Waals surface area (Å²) in [7, 11) is -3.36. The second-order valence-electron chi connectivity index (χ2n) is 10.5. The van der Waals surface area contributed by atoms with E-state index in [0.717, 1.165) is 55.4 Å². The highest BCUT2D eigenvalue weighted by molar-refractivity contribution is 7.89. The quantitative estimate of drug-likeness (QED) is 0.491. The van der Waals surface area contributed by atoms with Crippen LogP contribution in [0.5, 0.6) is 0 Å². The third kappa shape index (κ3) is 4.26. The molecule has 0 atom stereocenters. The lowest BCUT2D eigenvalue weighted by molar-refractivity contribution is 0.0679. The molecule has 2 aromatic carbocycles. The van der Waals surface area contributed by atoms with Crippen LogP contribution in [0.25, 0.3) is 11.0 Å². The highest BCUT2D eigenvalue weighted by Crippen LogP contribution is 2.33. The van der Waals surface area contributed by atoms with E-state index in [4.69, 9.17) is 0 Å². The van der Waals surface area contributed by atoms with Crippen LogP contribution >= 0.6 is 0 Å². The van der Waals surface area contributed by atoms with Gasteiger partial charge < -0.3 is 0 Å². The Bertz CT molecular complexity index is 1380. The van der Waals surface area contributed by atoms with Crippen molar-refractivity contribution in [3.63, 3.8) is 0 Å². The fourth-order valence-corrected chi connectivity index (χ4v) is 7.64. The number of fused-ring (bicyclic) bond motifs is 2. The number of aryl methyl sites for hydroxylation is 1.